The van der Waals surface area contributed by atoms with Gasteiger partial charge < -0.3 is 4.74 Å². The number of aryl methyl sites for hydroxylation is 1. The van der Waals surface area contributed by atoms with Crippen LogP contribution in [0.5, 0.6) is 0 Å². The van der Waals surface area contributed by atoms with Gasteiger partial charge in [0.1, 0.15) is 0 Å². The van der Waals surface area contributed by atoms with Crippen molar-refractivity contribution < 1.29 is 4.74 Å². The predicted molar refractivity (Wildman–Crippen MR) is 147 cm³/mol. The van der Waals surface area contributed by atoms with Gasteiger partial charge in [-0.1, -0.05) is 106 Å². The summed E-state index contributed by atoms with van der Waals surface area (Å²) in [5.41, 5.74) is 4.25. The fourth-order valence-corrected chi connectivity index (χ4v) is 5.77. The van der Waals surface area contributed by atoms with Crippen LogP contribution in [0.2, 0.25) is 0 Å². The molecule has 1 saturated carbocycles. The summed E-state index contributed by atoms with van der Waals surface area (Å²) in [5.74, 6) is 2.69. The molecule has 3 rings (SSSR count). The first-order valence-electron chi connectivity index (χ1n) is 14.0. The van der Waals surface area contributed by atoms with Crippen molar-refractivity contribution in [3.8, 4) is 0 Å². The van der Waals surface area contributed by atoms with E-state index in [0.29, 0.717) is 0 Å². The quantitative estimate of drug-likeness (QED) is 0.201. The Labute approximate surface area is 210 Å². The Hall–Kier alpha value is -1.86. The Morgan fingerprint density at radius 1 is 0.853 bits per heavy atom. The number of benzene rings is 2. The molecule has 2 aromatic rings. The van der Waals surface area contributed by atoms with Gasteiger partial charge in [-0.2, -0.15) is 0 Å². The molecule has 2 aromatic carbocycles. The van der Waals surface area contributed by atoms with Crippen LogP contribution >= 0.6 is 0 Å². The molecule has 2 atom stereocenters. The second kappa shape index (κ2) is 15.2. The molecule has 0 aromatic heterocycles. The third-order valence-corrected chi connectivity index (χ3v) is 8.14. The zero-order valence-electron chi connectivity index (χ0n) is 22.1. The van der Waals surface area contributed by atoms with E-state index in [2.05, 4.69) is 80.6 Å². The molecule has 0 bridgehead atoms. The minimum atomic E-state index is 0.245. The highest BCUT2D eigenvalue weighted by Crippen LogP contribution is 2.38. The molecule has 2 unspecified atom stereocenters. The smallest absolute Gasteiger partial charge is 0.0821 e. The van der Waals surface area contributed by atoms with Gasteiger partial charge in [0.15, 0.2) is 0 Å². The molecule has 0 saturated heterocycles. The van der Waals surface area contributed by atoms with Gasteiger partial charge >= 0.3 is 0 Å². The fourth-order valence-electron chi connectivity index (χ4n) is 5.77. The molecule has 1 fully saturated rings. The summed E-state index contributed by atoms with van der Waals surface area (Å²) < 4.78 is 5.80. The number of allylic oxidation sites excluding steroid dienone is 2. The van der Waals surface area contributed by atoms with Crippen LogP contribution in [0.25, 0.3) is 0 Å². The highest BCUT2D eigenvalue weighted by Gasteiger charge is 2.25. The number of hydrogen-bond donors (Lipinski definition) is 0. The second-order valence-electron chi connectivity index (χ2n) is 10.6. The second-order valence-corrected chi connectivity index (χ2v) is 10.6. The summed E-state index contributed by atoms with van der Waals surface area (Å²) in [6, 6.07) is 20.0. The van der Waals surface area contributed by atoms with Gasteiger partial charge in [0.25, 0.3) is 0 Å². The molecular formula is C33H48O. The SMILES string of the molecule is CC/C=C/Cc1ccc(CCCCC2CCC(C(C)CCC(OC)c3ccccc3)CC2)cc1. The van der Waals surface area contributed by atoms with E-state index in [-0.39, 0.29) is 6.10 Å². The van der Waals surface area contributed by atoms with E-state index < -0.39 is 0 Å². The molecule has 1 aliphatic rings. The number of rotatable bonds is 14. The zero-order valence-corrected chi connectivity index (χ0v) is 22.1. The average molecular weight is 461 g/mol. The van der Waals surface area contributed by atoms with E-state index in [9.17, 15) is 0 Å². The summed E-state index contributed by atoms with van der Waals surface area (Å²) in [5, 5.41) is 0. The van der Waals surface area contributed by atoms with E-state index in [1.165, 1.54) is 74.5 Å². The molecule has 0 radical (unpaired) electrons. The van der Waals surface area contributed by atoms with Crippen molar-refractivity contribution >= 4 is 0 Å². The standard InChI is InChI=1S/C33H48O/c1-4-5-7-12-28-18-20-29(21-19-28)13-10-11-14-30-22-24-31(25-23-30)27(2)17-26-33(34-3)32-15-8-6-9-16-32/h5-9,15-16,18-21,27,30-31,33H,4,10-14,17,22-26H2,1-3H3/b7-5+. The molecule has 0 amide bonds. The molecule has 186 valence electrons. The maximum atomic E-state index is 5.80. The van der Waals surface area contributed by atoms with Crippen LogP contribution in [-0.4, -0.2) is 7.11 Å². The lowest BCUT2D eigenvalue weighted by atomic mass is 9.73. The summed E-state index contributed by atoms with van der Waals surface area (Å²) in [4.78, 5) is 0. The van der Waals surface area contributed by atoms with Gasteiger partial charge in [-0.05, 0) is 85.8 Å². The first kappa shape index (κ1) is 26.7. The van der Waals surface area contributed by atoms with E-state index in [0.717, 1.165) is 37.0 Å². The van der Waals surface area contributed by atoms with Gasteiger partial charge in [0.2, 0.25) is 0 Å². The Morgan fingerprint density at radius 2 is 1.56 bits per heavy atom. The lowest BCUT2D eigenvalue weighted by molar-refractivity contribution is 0.0833. The lowest BCUT2D eigenvalue weighted by Gasteiger charge is -2.33. The number of ether oxygens (including phenoxy) is 1. The minimum absolute atomic E-state index is 0.245. The maximum absolute atomic E-state index is 5.80. The van der Waals surface area contributed by atoms with Crippen molar-refractivity contribution in [2.75, 3.05) is 7.11 Å². The van der Waals surface area contributed by atoms with E-state index >= 15 is 0 Å². The Balaban J connectivity index is 1.28. The van der Waals surface area contributed by atoms with Crippen LogP contribution in [0.3, 0.4) is 0 Å². The number of methoxy groups -OCH3 is 1. The first-order chi connectivity index (χ1) is 16.7. The molecule has 1 heteroatoms. The maximum Gasteiger partial charge on any atom is 0.0821 e. The summed E-state index contributed by atoms with van der Waals surface area (Å²) >= 11 is 0. The Morgan fingerprint density at radius 3 is 2.24 bits per heavy atom. The van der Waals surface area contributed by atoms with Gasteiger partial charge in [0.05, 0.1) is 6.10 Å². The van der Waals surface area contributed by atoms with Crippen LogP contribution in [0.15, 0.2) is 66.7 Å². The molecule has 1 nitrogen and oxygen atoms in total. The van der Waals surface area contributed by atoms with E-state index in [4.69, 9.17) is 4.74 Å². The highest BCUT2D eigenvalue weighted by molar-refractivity contribution is 5.24. The van der Waals surface area contributed by atoms with Crippen LogP contribution in [0.4, 0.5) is 0 Å². The van der Waals surface area contributed by atoms with Crippen molar-refractivity contribution in [2.45, 2.75) is 97.0 Å². The minimum Gasteiger partial charge on any atom is -0.377 e. The van der Waals surface area contributed by atoms with Crippen molar-refractivity contribution in [1.82, 2.24) is 0 Å². The first-order valence-corrected chi connectivity index (χ1v) is 14.0. The topological polar surface area (TPSA) is 9.23 Å². The molecule has 1 aliphatic carbocycles. The molecule has 34 heavy (non-hydrogen) atoms. The Kier molecular flexibility index (Phi) is 12.0. The largest absolute Gasteiger partial charge is 0.377 e. The average Bonchev–Trinajstić information content (AvgIpc) is 2.89. The van der Waals surface area contributed by atoms with Crippen LogP contribution in [0, 0.1) is 17.8 Å². The van der Waals surface area contributed by atoms with Crippen LogP contribution in [-0.2, 0) is 17.6 Å². The number of unbranched alkanes of at least 4 members (excludes halogenated alkanes) is 1. The van der Waals surface area contributed by atoms with Gasteiger partial charge in [-0.25, -0.2) is 0 Å². The molecule has 0 heterocycles. The molecule has 0 N–H and O–H groups in total. The molecular weight excluding hydrogens is 412 g/mol. The van der Waals surface area contributed by atoms with Crippen LogP contribution in [0.1, 0.15) is 101 Å². The van der Waals surface area contributed by atoms with Crippen LogP contribution < -0.4 is 0 Å². The van der Waals surface area contributed by atoms with Gasteiger partial charge in [-0.3, -0.25) is 0 Å². The van der Waals surface area contributed by atoms with E-state index in [1.54, 1.807) is 0 Å². The molecule has 0 spiro atoms. The van der Waals surface area contributed by atoms with Crippen molar-refractivity contribution in [3.63, 3.8) is 0 Å². The van der Waals surface area contributed by atoms with Crippen molar-refractivity contribution in [2.24, 2.45) is 17.8 Å². The van der Waals surface area contributed by atoms with Gasteiger partial charge in [0, 0.05) is 7.11 Å². The van der Waals surface area contributed by atoms with Crippen molar-refractivity contribution in [3.05, 3.63) is 83.4 Å². The summed E-state index contributed by atoms with van der Waals surface area (Å²) in [6.45, 7) is 4.67. The zero-order chi connectivity index (χ0) is 24.0. The predicted octanol–water partition coefficient (Wildman–Crippen LogP) is 9.52. The molecule has 0 aliphatic heterocycles. The summed E-state index contributed by atoms with van der Waals surface area (Å²) in [7, 11) is 1.86. The number of hydrogen-bond acceptors (Lipinski definition) is 1. The Bertz CT molecular complexity index is 798. The van der Waals surface area contributed by atoms with Gasteiger partial charge in [-0.15, -0.1) is 0 Å². The fraction of sp³-hybridized carbons (Fsp3) is 0.576. The monoisotopic (exact) mass is 460 g/mol. The normalized spacial score (nSPS) is 20.4. The van der Waals surface area contributed by atoms with Crippen molar-refractivity contribution in [1.29, 1.82) is 0 Å². The van der Waals surface area contributed by atoms with E-state index in [1.807, 2.05) is 7.11 Å². The summed E-state index contributed by atoms with van der Waals surface area (Å²) in [6.07, 6.45) is 20.5. The highest BCUT2D eigenvalue weighted by atomic mass is 16.5. The third-order valence-electron chi connectivity index (χ3n) is 8.14. The third kappa shape index (κ3) is 9.06. The lowest BCUT2D eigenvalue weighted by Crippen LogP contribution is -2.21.